The van der Waals surface area contributed by atoms with E-state index in [4.69, 9.17) is 0 Å². The van der Waals surface area contributed by atoms with Crippen LogP contribution in [0.1, 0.15) is 40.5 Å². The van der Waals surface area contributed by atoms with Crippen LogP contribution in [-0.4, -0.2) is 40.4 Å². The molecule has 1 rings (SSSR count). The van der Waals surface area contributed by atoms with Gasteiger partial charge in [-0.15, -0.1) is 0 Å². The van der Waals surface area contributed by atoms with Crippen molar-refractivity contribution in [2.75, 3.05) is 13.1 Å². The fourth-order valence-corrected chi connectivity index (χ4v) is 2.34. The highest BCUT2D eigenvalue weighted by molar-refractivity contribution is 4.93. The maximum absolute atomic E-state index is 12.7. The Morgan fingerprint density at radius 1 is 1.00 bits per heavy atom. The summed E-state index contributed by atoms with van der Waals surface area (Å²) in [6.45, 7) is 8.27. The Morgan fingerprint density at radius 2 is 1.41 bits per heavy atom. The van der Waals surface area contributed by atoms with E-state index in [9.17, 15) is 18.3 Å². The molecule has 1 N–H and O–H groups in total. The summed E-state index contributed by atoms with van der Waals surface area (Å²) in [5.74, 6) is -0.693. The lowest BCUT2D eigenvalue weighted by molar-refractivity contribution is -0.276. The molecule has 0 aromatic carbocycles. The predicted molar refractivity (Wildman–Crippen MR) is 60.7 cm³/mol. The average Bonchev–Trinajstić information content (AvgIpc) is 2.15. The lowest BCUT2D eigenvalue weighted by Crippen LogP contribution is -2.54. The minimum Gasteiger partial charge on any atom is -0.380 e. The Hall–Kier alpha value is -0.290. The average molecular weight is 253 g/mol. The molecule has 1 aliphatic heterocycles. The van der Waals surface area contributed by atoms with Crippen molar-refractivity contribution >= 4 is 0 Å². The Balaban J connectivity index is 2.64. The second kappa shape index (κ2) is 4.43. The molecule has 1 heterocycles. The van der Waals surface area contributed by atoms with Crippen LogP contribution < -0.4 is 0 Å². The van der Waals surface area contributed by atoms with Gasteiger partial charge in [-0.05, 0) is 59.5 Å². The first-order valence-electron chi connectivity index (χ1n) is 6.00. The summed E-state index contributed by atoms with van der Waals surface area (Å²) in [7, 11) is 0. The number of nitrogens with zero attached hydrogens (tertiary/aromatic N) is 1. The first-order valence-corrected chi connectivity index (χ1v) is 6.00. The van der Waals surface area contributed by atoms with Gasteiger partial charge in [-0.3, -0.25) is 4.90 Å². The smallest absolute Gasteiger partial charge is 0.380 e. The zero-order valence-corrected chi connectivity index (χ0v) is 10.9. The third-order valence-corrected chi connectivity index (χ3v) is 3.81. The van der Waals surface area contributed by atoms with Crippen LogP contribution >= 0.6 is 0 Å². The second-order valence-corrected chi connectivity index (χ2v) is 6.08. The zero-order chi connectivity index (χ0) is 13.5. The Bertz CT molecular complexity index is 260. The molecule has 0 radical (unpaired) electrons. The molecule has 1 aliphatic rings. The van der Waals surface area contributed by atoms with E-state index in [-0.39, 0.29) is 5.54 Å². The van der Waals surface area contributed by atoms with Gasteiger partial charge in [-0.25, -0.2) is 0 Å². The van der Waals surface area contributed by atoms with E-state index in [2.05, 4.69) is 25.7 Å². The fourth-order valence-electron chi connectivity index (χ4n) is 2.34. The van der Waals surface area contributed by atoms with Gasteiger partial charge in [-0.1, -0.05) is 0 Å². The van der Waals surface area contributed by atoms with Gasteiger partial charge in [0.25, 0.3) is 0 Å². The lowest BCUT2D eigenvalue weighted by Gasteiger charge is -2.44. The normalized spacial score (nSPS) is 24.7. The Labute approximate surface area is 101 Å². The highest BCUT2D eigenvalue weighted by atomic mass is 19.4. The second-order valence-electron chi connectivity index (χ2n) is 6.08. The molecular weight excluding hydrogens is 231 g/mol. The number of rotatable bonds is 1. The van der Waals surface area contributed by atoms with Gasteiger partial charge in [0.2, 0.25) is 0 Å². The summed E-state index contributed by atoms with van der Waals surface area (Å²) in [5.41, 5.74) is -2.58. The van der Waals surface area contributed by atoms with Crippen molar-refractivity contribution in [1.29, 1.82) is 0 Å². The van der Waals surface area contributed by atoms with Crippen molar-refractivity contribution in [3.05, 3.63) is 0 Å². The Kier molecular flexibility index (Phi) is 3.85. The topological polar surface area (TPSA) is 23.5 Å². The minimum absolute atomic E-state index is 0.0188. The van der Waals surface area contributed by atoms with Crippen molar-refractivity contribution < 1.29 is 18.3 Å². The van der Waals surface area contributed by atoms with Crippen LogP contribution in [-0.2, 0) is 0 Å². The SMILES string of the molecule is CC(C)(C)N1CCC([C@@](C)(O)C(F)(F)F)CC1. The van der Waals surface area contributed by atoms with Crippen LogP contribution in [0.3, 0.4) is 0 Å². The number of aliphatic hydroxyl groups is 1. The van der Waals surface area contributed by atoms with Crippen LogP contribution in [0.15, 0.2) is 0 Å². The molecule has 102 valence electrons. The molecule has 0 unspecified atom stereocenters. The summed E-state index contributed by atoms with van der Waals surface area (Å²) in [6, 6.07) is 0. The van der Waals surface area contributed by atoms with Gasteiger partial charge < -0.3 is 5.11 Å². The monoisotopic (exact) mass is 253 g/mol. The van der Waals surface area contributed by atoms with E-state index >= 15 is 0 Å². The molecule has 0 aromatic heterocycles. The number of alkyl halides is 3. The van der Waals surface area contributed by atoms with Crippen molar-refractivity contribution in [2.24, 2.45) is 5.92 Å². The number of hydrogen-bond donors (Lipinski definition) is 1. The molecule has 1 saturated heterocycles. The molecule has 17 heavy (non-hydrogen) atoms. The third-order valence-electron chi connectivity index (χ3n) is 3.81. The molecular formula is C12H22F3NO. The zero-order valence-electron chi connectivity index (χ0n) is 10.9. The number of likely N-dealkylation sites (tertiary alicyclic amines) is 1. The van der Waals surface area contributed by atoms with E-state index in [0.29, 0.717) is 25.9 Å². The maximum Gasteiger partial charge on any atom is 0.417 e. The molecule has 0 saturated carbocycles. The summed E-state index contributed by atoms with van der Waals surface area (Å²) in [6.07, 6.45) is -3.75. The molecule has 1 atom stereocenters. The maximum atomic E-state index is 12.7. The van der Waals surface area contributed by atoms with Gasteiger partial charge in [0.1, 0.15) is 0 Å². The first-order chi connectivity index (χ1) is 7.46. The first kappa shape index (κ1) is 14.8. The van der Waals surface area contributed by atoms with E-state index in [0.717, 1.165) is 6.92 Å². The van der Waals surface area contributed by atoms with Crippen LogP contribution in [0, 0.1) is 5.92 Å². The fraction of sp³-hybridized carbons (Fsp3) is 1.00. The largest absolute Gasteiger partial charge is 0.417 e. The molecule has 2 nitrogen and oxygen atoms in total. The number of hydrogen-bond acceptors (Lipinski definition) is 2. The molecule has 0 bridgehead atoms. The predicted octanol–water partition coefficient (Wildman–Crippen LogP) is 2.81. The van der Waals surface area contributed by atoms with Gasteiger partial charge >= 0.3 is 6.18 Å². The van der Waals surface area contributed by atoms with Gasteiger partial charge in [0.15, 0.2) is 5.60 Å². The molecule has 5 heteroatoms. The van der Waals surface area contributed by atoms with E-state index < -0.39 is 17.7 Å². The molecule has 0 aromatic rings. The standard InChI is InChI=1S/C12H22F3NO/c1-10(2,3)16-7-5-9(6-8-16)11(4,17)12(13,14)15/h9,17H,5-8H2,1-4H3/t11-/m1/s1. The van der Waals surface area contributed by atoms with Crippen molar-refractivity contribution in [3.63, 3.8) is 0 Å². The molecule has 0 spiro atoms. The van der Waals surface area contributed by atoms with Crippen LogP contribution in [0.25, 0.3) is 0 Å². The van der Waals surface area contributed by atoms with E-state index in [1.54, 1.807) is 0 Å². The van der Waals surface area contributed by atoms with Gasteiger partial charge in [0, 0.05) is 5.54 Å². The Morgan fingerprint density at radius 3 is 1.71 bits per heavy atom. The quantitative estimate of drug-likeness (QED) is 0.776. The van der Waals surface area contributed by atoms with Crippen LogP contribution in [0.2, 0.25) is 0 Å². The highest BCUT2D eigenvalue weighted by Crippen LogP contribution is 2.41. The third kappa shape index (κ3) is 3.13. The summed E-state index contributed by atoms with van der Waals surface area (Å²) in [5, 5.41) is 9.62. The van der Waals surface area contributed by atoms with Crippen LogP contribution in [0.4, 0.5) is 13.2 Å². The van der Waals surface area contributed by atoms with Crippen LogP contribution in [0.5, 0.6) is 0 Å². The van der Waals surface area contributed by atoms with E-state index in [1.807, 2.05) is 0 Å². The minimum atomic E-state index is -4.54. The number of piperidine rings is 1. The highest BCUT2D eigenvalue weighted by Gasteiger charge is 2.55. The van der Waals surface area contributed by atoms with E-state index in [1.165, 1.54) is 0 Å². The van der Waals surface area contributed by atoms with Crippen molar-refractivity contribution in [3.8, 4) is 0 Å². The van der Waals surface area contributed by atoms with Crippen molar-refractivity contribution in [2.45, 2.75) is 57.9 Å². The van der Waals surface area contributed by atoms with Gasteiger partial charge in [-0.2, -0.15) is 13.2 Å². The molecule has 1 fully saturated rings. The van der Waals surface area contributed by atoms with Gasteiger partial charge in [0.05, 0.1) is 0 Å². The molecule has 0 amide bonds. The summed E-state index contributed by atoms with van der Waals surface area (Å²) >= 11 is 0. The van der Waals surface area contributed by atoms with Crippen molar-refractivity contribution in [1.82, 2.24) is 4.90 Å². The number of halogens is 3. The summed E-state index contributed by atoms with van der Waals surface area (Å²) in [4.78, 5) is 2.16. The summed E-state index contributed by atoms with van der Waals surface area (Å²) < 4.78 is 38.1. The molecule has 0 aliphatic carbocycles. The lowest BCUT2D eigenvalue weighted by atomic mass is 9.80.